The summed E-state index contributed by atoms with van der Waals surface area (Å²) >= 11 is 0. The van der Waals surface area contributed by atoms with E-state index < -0.39 is 0 Å². The van der Waals surface area contributed by atoms with Crippen LogP contribution in [0.15, 0.2) is 30.3 Å². The summed E-state index contributed by atoms with van der Waals surface area (Å²) in [5.41, 5.74) is 7.65. The van der Waals surface area contributed by atoms with E-state index in [9.17, 15) is 0 Å². The smallest absolute Gasteiger partial charge is 0.0208 e. The number of piperidine rings is 1. The second-order valence-corrected chi connectivity index (χ2v) is 5.94. The van der Waals surface area contributed by atoms with Crippen LogP contribution in [-0.4, -0.2) is 30.1 Å². The van der Waals surface area contributed by atoms with Crippen molar-refractivity contribution in [1.82, 2.24) is 4.90 Å². The quantitative estimate of drug-likeness (QED) is 0.885. The third kappa shape index (κ3) is 3.82. The lowest BCUT2D eigenvalue weighted by atomic mass is 9.94. The monoisotopic (exact) mass is 246 g/mol. The summed E-state index contributed by atoms with van der Waals surface area (Å²) in [6.45, 7) is 6.92. The Morgan fingerprint density at radius 1 is 1.22 bits per heavy atom. The molecule has 2 rings (SSSR count). The van der Waals surface area contributed by atoms with Crippen molar-refractivity contribution in [2.24, 2.45) is 11.7 Å². The maximum absolute atomic E-state index is 6.30. The highest BCUT2D eigenvalue weighted by Gasteiger charge is 2.24. The zero-order chi connectivity index (χ0) is 13.0. The molecule has 1 aromatic carbocycles. The Balaban J connectivity index is 1.85. The standard InChI is InChI=1S/C16H26N2/c1-13-8-9-14(2)18(11-13)12-16(17)10-15-6-4-3-5-7-15/h3-7,13-14,16H,8-12,17H2,1-2H3/t13?,14?,16-/m0/s1. The highest BCUT2D eigenvalue weighted by molar-refractivity contribution is 5.15. The van der Waals surface area contributed by atoms with E-state index in [-0.39, 0.29) is 6.04 Å². The van der Waals surface area contributed by atoms with Gasteiger partial charge < -0.3 is 5.73 Å². The molecular weight excluding hydrogens is 220 g/mol. The molecule has 0 saturated carbocycles. The molecule has 0 aromatic heterocycles. The Bertz CT molecular complexity index is 349. The molecule has 1 aromatic rings. The van der Waals surface area contributed by atoms with Crippen LogP contribution in [0.3, 0.4) is 0 Å². The van der Waals surface area contributed by atoms with Gasteiger partial charge in [-0.3, -0.25) is 4.90 Å². The van der Waals surface area contributed by atoms with Crippen molar-refractivity contribution in [3.05, 3.63) is 35.9 Å². The molecule has 1 aliphatic heterocycles. The number of nitrogens with zero attached hydrogens (tertiary/aromatic N) is 1. The third-order valence-corrected chi connectivity index (χ3v) is 4.06. The first kappa shape index (κ1) is 13.6. The Labute approximate surface area is 111 Å². The first-order chi connectivity index (χ1) is 8.65. The van der Waals surface area contributed by atoms with Crippen molar-refractivity contribution >= 4 is 0 Å². The molecule has 1 fully saturated rings. The van der Waals surface area contributed by atoms with Gasteiger partial charge in [-0.05, 0) is 37.7 Å². The van der Waals surface area contributed by atoms with Crippen LogP contribution in [0.2, 0.25) is 0 Å². The lowest BCUT2D eigenvalue weighted by Crippen LogP contribution is -2.47. The number of rotatable bonds is 4. The van der Waals surface area contributed by atoms with Crippen molar-refractivity contribution in [3.63, 3.8) is 0 Å². The molecule has 0 amide bonds. The van der Waals surface area contributed by atoms with Crippen molar-refractivity contribution in [2.45, 2.75) is 45.2 Å². The average molecular weight is 246 g/mol. The van der Waals surface area contributed by atoms with E-state index in [4.69, 9.17) is 5.73 Å². The number of hydrogen-bond acceptors (Lipinski definition) is 2. The van der Waals surface area contributed by atoms with E-state index in [1.54, 1.807) is 0 Å². The zero-order valence-corrected chi connectivity index (χ0v) is 11.7. The predicted octanol–water partition coefficient (Wildman–Crippen LogP) is 2.68. The highest BCUT2D eigenvalue weighted by atomic mass is 15.2. The van der Waals surface area contributed by atoms with Crippen molar-refractivity contribution in [1.29, 1.82) is 0 Å². The molecule has 2 heteroatoms. The van der Waals surface area contributed by atoms with Crippen LogP contribution in [0.25, 0.3) is 0 Å². The van der Waals surface area contributed by atoms with E-state index >= 15 is 0 Å². The summed E-state index contributed by atoms with van der Waals surface area (Å²) in [7, 11) is 0. The van der Waals surface area contributed by atoms with E-state index in [0.717, 1.165) is 18.9 Å². The summed E-state index contributed by atoms with van der Waals surface area (Å²) in [5, 5.41) is 0. The van der Waals surface area contributed by atoms with Gasteiger partial charge in [-0.25, -0.2) is 0 Å². The van der Waals surface area contributed by atoms with Gasteiger partial charge in [0.15, 0.2) is 0 Å². The van der Waals surface area contributed by atoms with Crippen molar-refractivity contribution in [3.8, 4) is 0 Å². The molecule has 2 unspecified atom stereocenters. The maximum Gasteiger partial charge on any atom is 0.0208 e. The zero-order valence-electron chi connectivity index (χ0n) is 11.7. The lowest BCUT2D eigenvalue weighted by Gasteiger charge is -2.38. The van der Waals surface area contributed by atoms with Gasteiger partial charge in [0.25, 0.3) is 0 Å². The normalized spacial score (nSPS) is 27.1. The van der Waals surface area contributed by atoms with Crippen LogP contribution in [0, 0.1) is 5.92 Å². The van der Waals surface area contributed by atoms with Gasteiger partial charge in [0, 0.05) is 25.2 Å². The number of nitrogens with two attached hydrogens (primary N) is 1. The van der Waals surface area contributed by atoms with Gasteiger partial charge in [0.2, 0.25) is 0 Å². The Morgan fingerprint density at radius 2 is 1.94 bits per heavy atom. The minimum absolute atomic E-state index is 0.250. The predicted molar refractivity (Wildman–Crippen MR) is 77.6 cm³/mol. The second-order valence-electron chi connectivity index (χ2n) is 5.94. The molecule has 0 spiro atoms. The topological polar surface area (TPSA) is 29.3 Å². The first-order valence-corrected chi connectivity index (χ1v) is 7.18. The van der Waals surface area contributed by atoms with Gasteiger partial charge in [-0.2, -0.15) is 0 Å². The lowest BCUT2D eigenvalue weighted by molar-refractivity contribution is 0.117. The molecule has 100 valence electrons. The van der Waals surface area contributed by atoms with Crippen molar-refractivity contribution < 1.29 is 0 Å². The third-order valence-electron chi connectivity index (χ3n) is 4.06. The van der Waals surface area contributed by atoms with Crippen LogP contribution < -0.4 is 5.73 Å². The van der Waals surface area contributed by atoms with Gasteiger partial charge in [0.1, 0.15) is 0 Å². The fourth-order valence-corrected chi connectivity index (χ4v) is 2.92. The Hall–Kier alpha value is -0.860. The molecule has 0 bridgehead atoms. The van der Waals surface area contributed by atoms with Gasteiger partial charge in [-0.1, -0.05) is 37.3 Å². The number of hydrogen-bond donors (Lipinski definition) is 1. The molecular formula is C16H26N2. The van der Waals surface area contributed by atoms with Crippen LogP contribution in [-0.2, 0) is 6.42 Å². The van der Waals surface area contributed by atoms with Crippen LogP contribution in [0.1, 0.15) is 32.3 Å². The highest BCUT2D eigenvalue weighted by Crippen LogP contribution is 2.21. The molecule has 0 aliphatic carbocycles. The van der Waals surface area contributed by atoms with Crippen LogP contribution in [0.4, 0.5) is 0 Å². The summed E-state index contributed by atoms with van der Waals surface area (Å²) in [5.74, 6) is 0.824. The van der Waals surface area contributed by atoms with Gasteiger partial charge >= 0.3 is 0 Å². The van der Waals surface area contributed by atoms with E-state index in [2.05, 4.69) is 49.1 Å². The Kier molecular flexibility index (Phi) is 4.79. The molecule has 0 radical (unpaired) electrons. The van der Waals surface area contributed by atoms with Crippen molar-refractivity contribution in [2.75, 3.05) is 13.1 Å². The molecule has 1 heterocycles. The van der Waals surface area contributed by atoms with E-state index in [0.29, 0.717) is 6.04 Å². The van der Waals surface area contributed by atoms with Crippen LogP contribution >= 0.6 is 0 Å². The van der Waals surface area contributed by atoms with Crippen LogP contribution in [0.5, 0.6) is 0 Å². The summed E-state index contributed by atoms with van der Waals surface area (Å²) in [6.07, 6.45) is 3.67. The van der Waals surface area contributed by atoms with E-state index in [1.165, 1.54) is 24.9 Å². The minimum Gasteiger partial charge on any atom is -0.326 e. The second kappa shape index (κ2) is 6.35. The molecule has 1 aliphatic rings. The number of benzene rings is 1. The molecule has 2 nitrogen and oxygen atoms in total. The maximum atomic E-state index is 6.30. The molecule has 18 heavy (non-hydrogen) atoms. The fourth-order valence-electron chi connectivity index (χ4n) is 2.92. The molecule has 3 atom stereocenters. The summed E-state index contributed by atoms with van der Waals surface area (Å²) < 4.78 is 0. The average Bonchev–Trinajstić information content (AvgIpc) is 2.35. The van der Waals surface area contributed by atoms with Gasteiger partial charge in [0.05, 0.1) is 0 Å². The summed E-state index contributed by atoms with van der Waals surface area (Å²) in [4.78, 5) is 2.57. The largest absolute Gasteiger partial charge is 0.326 e. The fraction of sp³-hybridized carbons (Fsp3) is 0.625. The molecule has 2 N–H and O–H groups in total. The number of likely N-dealkylation sites (tertiary alicyclic amines) is 1. The van der Waals surface area contributed by atoms with E-state index in [1.807, 2.05) is 0 Å². The first-order valence-electron chi connectivity index (χ1n) is 7.18. The molecule has 1 saturated heterocycles. The Morgan fingerprint density at radius 3 is 2.67 bits per heavy atom. The summed E-state index contributed by atoms with van der Waals surface area (Å²) in [6, 6.07) is 11.5. The van der Waals surface area contributed by atoms with Gasteiger partial charge in [-0.15, -0.1) is 0 Å². The minimum atomic E-state index is 0.250. The SMILES string of the molecule is CC1CCC(C)N(C[C@@H](N)Cc2ccccc2)C1.